The van der Waals surface area contributed by atoms with Gasteiger partial charge >= 0.3 is 11.8 Å². The molecule has 2 amide bonds. The van der Waals surface area contributed by atoms with Gasteiger partial charge in [-0.05, 0) is 62.1 Å². The van der Waals surface area contributed by atoms with Crippen molar-refractivity contribution in [3.63, 3.8) is 0 Å². The minimum Gasteiger partial charge on any atom is -0.379 e. The first-order chi connectivity index (χ1) is 22.8. The second kappa shape index (κ2) is 15.2. The van der Waals surface area contributed by atoms with Crippen LogP contribution in [-0.4, -0.2) is 76.3 Å². The highest BCUT2D eigenvalue weighted by Gasteiger charge is 2.30. The fourth-order valence-electron chi connectivity index (χ4n) is 6.83. The van der Waals surface area contributed by atoms with Gasteiger partial charge in [0.25, 0.3) is 0 Å². The molecule has 1 aliphatic carbocycles. The van der Waals surface area contributed by atoms with E-state index in [1.54, 1.807) is 0 Å². The number of carbonyl (C=O) groups is 2. The molecule has 1 aromatic heterocycles. The summed E-state index contributed by atoms with van der Waals surface area (Å²) in [6, 6.07) is 12.5. The molecule has 47 heavy (non-hydrogen) atoms. The lowest BCUT2D eigenvalue weighted by Crippen LogP contribution is -2.44. The second-order valence-corrected chi connectivity index (χ2v) is 13.6. The first-order valence-electron chi connectivity index (χ1n) is 16.6. The van der Waals surface area contributed by atoms with Crippen LogP contribution in [0, 0.1) is 11.8 Å². The average Bonchev–Trinajstić information content (AvgIpc) is 3.73. The number of halogens is 2. The van der Waals surface area contributed by atoms with Gasteiger partial charge in [0.15, 0.2) is 0 Å². The lowest BCUT2D eigenvalue weighted by atomic mass is 9.99. The van der Waals surface area contributed by atoms with E-state index < -0.39 is 11.8 Å². The zero-order chi connectivity index (χ0) is 32.9. The molecule has 3 heterocycles. The fourth-order valence-corrected chi connectivity index (χ4v) is 7.18. The largest absolute Gasteiger partial charge is 0.379 e. The van der Waals surface area contributed by atoms with E-state index in [1.165, 1.54) is 30.6 Å². The van der Waals surface area contributed by atoms with Crippen LogP contribution in [0.5, 0.6) is 0 Å². The molecule has 11 heteroatoms. The third kappa shape index (κ3) is 8.02. The number of benzene rings is 2. The minimum atomic E-state index is -0.953. The molecule has 6 rings (SSSR count). The maximum absolute atomic E-state index is 12.6. The van der Waals surface area contributed by atoms with Crippen molar-refractivity contribution in [2.75, 3.05) is 32.8 Å². The van der Waals surface area contributed by atoms with Gasteiger partial charge in [0.05, 0.1) is 30.5 Å². The van der Waals surface area contributed by atoms with Crippen molar-refractivity contribution < 1.29 is 14.3 Å². The Kier molecular flexibility index (Phi) is 10.9. The van der Waals surface area contributed by atoms with E-state index in [-0.39, 0.29) is 6.54 Å². The number of nitrogens with zero attached hydrogens (tertiary/aromatic N) is 4. The molecule has 2 fully saturated rings. The van der Waals surface area contributed by atoms with Crippen LogP contribution in [0.1, 0.15) is 67.0 Å². The lowest BCUT2D eigenvalue weighted by Gasteiger charge is -2.33. The van der Waals surface area contributed by atoms with Crippen molar-refractivity contribution >= 4 is 35.0 Å². The predicted molar refractivity (Wildman–Crippen MR) is 184 cm³/mol. The van der Waals surface area contributed by atoms with Gasteiger partial charge in [0.1, 0.15) is 0 Å². The Labute approximate surface area is 286 Å². The van der Waals surface area contributed by atoms with E-state index in [9.17, 15) is 9.59 Å². The molecule has 248 valence electrons. The van der Waals surface area contributed by atoms with Crippen molar-refractivity contribution in [2.24, 2.45) is 5.73 Å². The number of rotatable bonds is 8. The summed E-state index contributed by atoms with van der Waals surface area (Å²) >= 11 is 13.2. The number of nitrogens with two attached hydrogens (primary N) is 1. The molecule has 2 aromatic carbocycles. The number of ether oxygens (including phenoxy) is 1. The quantitative estimate of drug-likeness (QED) is 0.263. The summed E-state index contributed by atoms with van der Waals surface area (Å²) in [7, 11) is 0. The van der Waals surface area contributed by atoms with E-state index >= 15 is 0 Å². The number of aromatic nitrogens is 2. The van der Waals surface area contributed by atoms with Gasteiger partial charge in [-0.1, -0.05) is 54.0 Å². The highest BCUT2D eigenvalue weighted by atomic mass is 35.5. The van der Waals surface area contributed by atoms with Crippen LogP contribution in [0.4, 0.5) is 0 Å². The molecule has 1 saturated carbocycles. The van der Waals surface area contributed by atoms with Gasteiger partial charge in [0, 0.05) is 84.2 Å². The summed E-state index contributed by atoms with van der Waals surface area (Å²) in [5.41, 5.74) is 11.5. The number of carbonyl (C=O) groups excluding carboxylic acids is 2. The third-order valence-electron chi connectivity index (χ3n) is 9.52. The van der Waals surface area contributed by atoms with Crippen molar-refractivity contribution in [1.82, 2.24) is 24.9 Å². The van der Waals surface area contributed by atoms with Crippen LogP contribution < -0.4 is 11.1 Å². The molecule has 0 radical (unpaired) electrons. The summed E-state index contributed by atoms with van der Waals surface area (Å²) in [5, 5.41) is 9.97. The molecule has 2 aliphatic heterocycles. The SMILES string of the molecule is C[C@H]1COCCN1CCCn1nc(-c2ccc(Cl)c(C#Cc3ccc(Cl)c(CNC4CCCC4)c3)c2)c2c1CCN(C(=O)C(N)=O)C2. The number of primary amides is 1. The number of morpholine rings is 1. The lowest BCUT2D eigenvalue weighted by molar-refractivity contribution is -0.144. The van der Waals surface area contributed by atoms with Gasteiger partial charge < -0.3 is 20.7 Å². The van der Waals surface area contributed by atoms with Crippen LogP contribution in [0.15, 0.2) is 36.4 Å². The molecule has 9 nitrogen and oxygen atoms in total. The summed E-state index contributed by atoms with van der Waals surface area (Å²) < 4.78 is 7.66. The average molecular weight is 678 g/mol. The summed E-state index contributed by atoms with van der Waals surface area (Å²) in [4.78, 5) is 28.3. The second-order valence-electron chi connectivity index (χ2n) is 12.8. The Bertz CT molecular complexity index is 1690. The molecular formula is C36H42Cl2N6O3. The maximum Gasteiger partial charge on any atom is 0.311 e. The van der Waals surface area contributed by atoms with E-state index in [4.69, 9.17) is 38.8 Å². The van der Waals surface area contributed by atoms with Crippen LogP contribution in [-0.2, 0) is 40.4 Å². The Morgan fingerprint density at radius 3 is 2.66 bits per heavy atom. The van der Waals surface area contributed by atoms with E-state index in [1.807, 2.05) is 36.4 Å². The number of fused-ring (bicyclic) bond motifs is 1. The van der Waals surface area contributed by atoms with Gasteiger partial charge in [-0.3, -0.25) is 19.2 Å². The van der Waals surface area contributed by atoms with Gasteiger partial charge in [0.2, 0.25) is 0 Å². The Morgan fingerprint density at radius 1 is 1.06 bits per heavy atom. The Morgan fingerprint density at radius 2 is 1.87 bits per heavy atom. The molecule has 0 spiro atoms. The van der Waals surface area contributed by atoms with Gasteiger partial charge in [-0.25, -0.2) is 0 Å². The molecule has 1 saturated heterocycles. The molecular weight excluding hydrogens is 635 g/mol. The standard InChI is InChI=1S/C36H42Cl2N6O3/c1-24-23-47-18-17-42(24)14-4-15-44-33-13-16-43(36(46)35(39)45)22-30(33)34(41-44)27-10-12-31(37)26(20-27)9-7-25-8-11-32(38)28(19-25)21-40-29-5-2-3-6-29/h8,10-12,19-20,24,29,40H,2-6,13-18,21-23H2,1H3,(H2,39,45)/t24-/m0/s1. The zero-order valence-corrected chi connectivity index (χ0v) is 28.4. The topological polar surface area (TPSA) is 106 Å². The van der Waals surface area contributed by atoms with Crippen LogP contribution in [0.3, 0.4) is 0 Å². The Hall–Kier alpha value is -3.39. The van der Waals surface area contributed by atoms with Crippen molar-refractivity contribution in [3.8, 4) is 23.1 Å². The van der Waals surface area contributed by atoms with Gasteiger partial charge in [-0.2, -0.15) is 5.10 Å². The molecule has 3 N–H and O–H groups in total. The van der Waals surface area contributed by atoms with Crippen molar-refractivity contribution in [3.05, 3.63) is 74.4 Å². The highest BCUT2D eigenvalue weighted by Crippen LogP contribution is 2.32. The first kappa shape index (κ1) is 33.5. The van der Waals surface area contributed by atoms with Crippen LogP contribution in [0.2, 0.25) is 10.0 Å². The van der Waals surface area contributed by atoms with Gasteiger partial charge in [-0.15, -0.1) is 0 Å². The number of aryl methyl sites for hydroxylation is 1. The zero-order valence-electron chi connectivity index (χ0n) is 26.9. The summed E-state index contributed by atoms with van der Waals surface area (Å²) in [6.45, 7) is 7.71. The van der Waals surface area contributed by atoms with Crippen LogP contribution >= 0.6 is 23.2 Å². The molecule has 0 unspecified atom stereocenters. The molecule has 3 aliphatic rings. The summed E-state index contributed by atoms with van der Waals surface area (Å²) in [6.07, 6.45) is 6.49. The van der Waals surface area contributed by atoms with E-state index in [2.05, 4.69) is 33.7 Å². The number of nitrogens with one attached hydrogen (secondary N) is 1. The molecule has 0 bridgehead atoms. The first-order valence-corrected chi connectivity index (χ1v) is 17.3. The minimum absolute atomic E-state index is 0.263. The normalized spacial score (nSPS) is 18.5. The fraction of sp³-hybridized carbons (Fsp3) is 0.472. The van der Waals surface area contributed by atoms with E-state index in [0.717, 1.165) is 77.9 Å². The van der Waals surface area contributed by atoms with E-state index in [0.29, 0.717) is 42.2 Å². The smallest absolute Gasteiger partial charge is 0.311 e. The Balaban J connectivity index is 1.25. The predicted octanol–water partition coefficient (Wildman–Crippen LogP) is 4.77. The van der Waals surface area contributed by atoms with Crippen molar-refractivity contribution in [2.45, 2.75) is 77.2 Å². The highest BCUT2D eigenvalue weighted by molar-refractivity contribution is 6.34. The molecule has 1 atom stereocenters. The molecule has 3 aromatic rings. The number of amides is 2. The third-order valence-corrected chi connectivity index (χ3v) is 10.2. The maximum atomic E-state index is 12.6. The summed E-state index contributed by atoms with van der Waals surface area (Å²) in [5.74, 6) is 4.91. The monoisotopic (exact) mass is 676 g/mol. The number of hydrogen-bond donors (Lipinski definition) is 2. The number of hydrogen-bond acceptors (Lipinski definition) is 6. The van der Waals surface area contributed by atoms with Crippen molar-refractivity contribution in [1.29, 1.82) is 0 Å². The van der Waals surface area contributed by atoms with Crippen LogP contribution in [0.25, 0.3) is 11.3 Å².